The van der Waals surface area contributed by atoms with E-state index in [-0.39, 0.29) is 0 Å². The lowest BCUT2D eigenvalue weighted by Gasteiger charge is -2.19. The fourth-order valence-electron chi connectivity index (χ4n) is 5.19. The van der Waals surface area contributed by atoms with Gasteiger partial charge in [-0.15, -0.1) is 0 Å². The molecule has 198 valence electrons. The van der Waals surface area contributed by atoms with Crippen molar-refractivity contribution in [2.24, 2.45) is 0 Å². The summed E-state index contributed by atoms with van der Waals surface area (Å²) in [4.78, 5) is 32.5. The molecule has 2 heterocycles. The van der Waals surface area contributed by atoms with E-state index in [9.17, 15) is 9.59 Å². The van der Waals surface area contributed by atoms with Crippen LogP contribution in [0.4, 0.5) is 0 Å². The first kappa shape index (κ1) is 26.5. The molecular formula is C34H28N2O4. The molecular weight excluding hydrogens is 500 g/mol. The van der Waals surface area contributed by atoms with Gasteiger partial charge in [-0.25, -0.2) is 0 Å². The monoisotopic (exact) mass is 528 g/mol. The summed E-state index contributed by atoms with van der Waals surface area (Å²) in [7, 11) is 3.17. The maximum atomic E-state index is 11.9. The van der Waals surface area contributed by atoms with Crippen LogP contribution in [0.25, 0.3) is 44.8 Å². The average molecular weight is 529 g/mol. The second-order valence-electron chi connectivity index (χ2n) is 9.33. The molecule has 5 rings (SSSR count). The minimum atomic E-state index is 0.489. The minimum absolute atomic E-state index is 0.489. The normalized spacial score (nSPS) is 10.7. The van der Waals surface area contributed by atoms with Crippen molar-refractivity contribution in [3.63, 3.8) is 0 Å². The topological polar surface area (TPSA) is 78.4 Å². The molecule has 6 heteroatoms. The first-order chi connectivity index (χ1) is 19.5. The number of benzene rings is 3. The lowest BCUT2D eigenvalue weighted by atomic mass is 9.87. The van der Waals surface area contributed by atoms with Gasteiger partial charge in [-0.05, 0) is 83.6 Å². The first-order valence-corrected chi connectivity index (χ1v) is 12.8. The van der Waals surface area contributed by atoms with Crippen molar-refractivity contribution in [1.29, 1.82) is 0 Å². The number of aldehydes is 2. The van der Waals surface area contributed by atoms with Crippen molar-refractivity contribution < 1.29 is 19.1 Å². The zero-order chi connectivity index (χ0) is 28.2. The van der Waals surface area contributed by atoms with Gasteiger partial charge in [-0.1, -0.05) is 36.4 Å². The molecule has 0 aliphatic carbocycles. The summed E-state index contributed by atoms with van der Waals surface area (Å²) in [6.45, 7) is 4.14. The van der Waals surface area contributed by atoms with Crippen LogP contribution in [-0.4, -0.2) is 36.8 Å². The van der Waals surface area contributed by atoms with E-state index in [2.05, 4.69) is 29.0 Å². The minimum Gasteiger partial charge on any atom is -0.496 e. The Kier molecular flexibility index (Phi) is 7.51. The molecule has 0 aliphatic rings. The summed E-state index contributed by atoms with van der Waals surface area (Å²) in [6.07, 6.45) is 5.08. The highest BCUT2D eigenvalue weighted by atomic mass is 16.5. The zero-order valence-electron chi connectivity index (χ0n) is 22.8. The zero-order valence-corrected chi connectivity index (χ0v) is 22.8. The summed E-state index contributed by atoms with van der Waals surface area (Å²) >= 11 is 0. The third-order valence-corrected chi connectivity index (χ3v) is 7.20. The van der Waals surface area contributed by atoms with Gasteiger partial charge in [0.1, 0.15) is 11.5 Å². The predicted molar refractivity (Wildman–Crippen MR) is 157 cm³/mol. The molecule has 0 atom stereocenters. The summed E-state index contributed by atoms with van der Waals surface area (Å²) in [5.74, 6) is 1.14. The maximum Gasteiger partial charge on any atom is 0.153 e. The van der Waals surface area contributed by atoms with Crippen molar-refractivity contribution in [2.75, 3.05) is 14.2 Å². The Bertz CT molecular complexity index is 1740. The number of carbonyl (C=O) groups is 2. The lowest BCUT2D eigenvalue weighted by Crippen LogP contribution is -1.99. The fraction of sp³-hybridized carbons (Fsp3) is 0.118. The molecule has 0 saturated carbocycles. The number of carbonyl (C=O) groups excluding carboxylic acids is 2. The number of hydrogen-bond donors (Lipinski definition) is 0. The smallest absolute Gasteiger partial charge is 0.153 e. The number of hydrogen-bond acceptors (Lipinski definition) is 6. The van der Waals surface area contributed by atoms with Gasteiger partial charge in [-0.3, -0.25) is 19.6 Å². The highest BCUT2D eigenvalue weighted by Gasteiger charge is 2.20. The molecule has 0 bridgehead atoms. The Hall–Kier alpha value is -5.10. The summed E-state index contributed by atoms with van der Waals surface area (Å²) in [5, 5.41) is 0. The van der Waals surface area contributed by atoms with Crippen molar-refractivity contribution in [3.8, 4) is 56.3 Å². The van der Waals surface area contributed by atoms with E-state index in [1.54, 1.807) is 44.8 Å². The molecule has 0 radical (unpaired) electrons. The fourth-order valence-corrected chi connectivity index (χ4v) is 5.19. The highest BCUT2D eigenvalue weighted by molar-refractivity contribution is 5.96. The van der Waals surface area contributed by atoms with Gasteiger partial charge in [0.15, 0.2) is 12.6 Å². The SMILES string of the molecule is COc1cc(-c2nccc(-c3cccc(-c4cccc(OC)c4-c4ncccc4C=O)c3C)c2C)ccc1C=O. The van der Waals surface area contributed by atoms with Crippen LogP contribution < -0.4 is 9.47 Å². The molecule has 0 N–H and O–H groups in total. The van der Waals surface area contributed by atoms with Crippen LogP contribution in [0.15, 0.2) is 85.2 Å². The quantitative estimate of drug-likeness (QED) is 0.195. The largest absolute Gasteiger partial charge is 0.496 e. The first-order valence-electron chi connectivity index (χ1n) is 12.8. The van der Waals surface area contributed by atoms with Crippen LogP contribution in [-0.2, 0) is 0 Å². The van der Waals surface area contributed by atoms with Crippen molar-refractivity contribution in [2.45, 2.75) is 13.8 Å². The van der Waals surface area contributed by atoms with E-state index in [1.165, 1.54) is 0 Å². The lowest BCUT2D eigenvalue weighted by molar-refractivity contribution is 0.111. The number of rotatable bonds is 8. The van der Waals surface area contributed by atoms with Gasteiger partial charge < -0.3 is 9.47 Å². The third-order valence-electron chi connectivity index (χ3n) is 7.20. The Labute approximate surface area is 233 Å². The summed E-state index contributed by atoms with van der Waals surface area (Å²) in [6, 6.07) is 23.0. The molecule has 0 saturated heterocycles. The van der Waals surface area contributed by atoms with E-state index in [1.807, 2.05) is 49.4 Å². The Morgan fingerprint density at radius 1 is 0.600 bits per heavy atom. The van der Waals surface area contributed by atoms with E-state index >= 15 is 0 Å². The Morgan fingerprint density at radius 2 is 1.25 bits per heavy atom. The van der Waals surface area contributed by atoms with Crippen LogP contribution >= 0.6 is 0 Å². The van der Waals surface area contributed by atoms with Crippen LogP contribution in [0.5, 0.6) is 11.5 Å². The third kappa shape index (κ3) is 4.64. The number of methoxy groups -OCH3 is 2. The molecule has 2 aromatic heterocycles. The molecule has 0 amide bonds. The summed E-state index contributed by atoms with van der Waals surface area (Å²) < 4.78 is 11.2. The number of pyridine rings is 2. The maximum absolute atomic E-state index is 11.9. The molecule has 0 aliphatic heterocycles. The van der Waals surface area contributed by atoms with E-state index in [0.29, 0.717) is 28.3 Å². The van der Waals surface area contributed by atoms with E-state index < -0.39 is 0 Å². The highest BCUT2D eigenvalue weighted by Crippen LogP contribution is 2.43. The van der Waals surface area contributed by atoms with E-state index in [4.69, 9.17) is 9.47 Å². The van der Waals surface area contributed by atoms with Gasteiger partial charge >= 0.3 is 0 Å². The van der Waals surface area contributed by atoms with Crippen LogP contribution in [0.2, 0.25) is 0 Å². The van der Waals surface area contributed by atoms with Crippen LogP contribution in [0.3, 0.4) is 0 Å². The Morgan fingerprint density at radius 3 is 1.98 bits per heavy atom. The van der Waals surface area contributed by atoms with Crippen molar-refractivity contribution in [3.05, 3.63) is 107 Å². The van der Waals surface area contributed by atoms with Crippen LogP contribution in [0.1, 0.15) is 31.8 Å². The number of nitrogens with zero attached hydrogens (tertiary/aromatic N) is 2. The van der Waals surface area contributed by atoms with Crippen molar-refractivity contribution >= 4 is 12.6 Å². The second kappa shape index (κ2) is 11.3. The molecule has 5 aromatic rings. The van der Waals surface area contributed by atoms with Gasteiger partial charge in [0.2, 0.25) is 0 Å². The predicted octanol–water partition coefficient (Wildman–Crippen LogP) is 7.40. The number of ether oxygens (including phenoxy) is 2. The molecule has 40 heavy (non-hydrogen) atoms. The average Bonchev–Trinajstić information content (AvgIpc) is 3.00. The van der Waals surface area contributed by atoms with Crippen molar-refractivity contribution in [1.82, 2.24) is 9.97 Å². The van der Waals surface area contributed by atoms with E-state index in [0.717, 1.165) is 62.8 Å². The van der Waals surface area contributed by atoms with Gasteiger partial charge in [0.05, 0.1) is 36.7 Å². The standard InChI is InChI=1S/C34H28N2O4/c1-21-26(28-15-17-36-33(22(28)2)23-13-14-24(19-37)31(18-23)40-4)9-5-10-27(21)29-11-6-12-30(39-3)32(29)34-25(20-38)8-7-16-35-34/h5-20H,1-4H3. The Balaban J connectivity index is 1.69. The molecule has 6 nitrogen and oxygen atoms in total. The van der Waals surface area contributed by atoms with Gasteiger partial charge in [0, 0.05) is 23.5 Å². The number of aromatic nitrogens is 2. The summed E-state index contributed by atoms with van der Waals surface area (Å²) in [5.41, 5.74) is 10.1. The second-order valence-corrected chi connectivity index (χ2v) is 9.33. The van der Waals surface area contributed by atoms with Crippen LogP contribution in [0, 0.1) is 13.8 Å². The van der Waals surface area contributed by atoms with Gasteiger partial charge in [0.25, 0.3) is 0 Å². The van der Waals surface area contributed by atoms with Gasteiger partial charge in [-0.2, -0.15) is 0 Å². The molecule has 0 spiro atoms. The molecule has 3 aromatic carbocycles. The molecule has 0 unspecified atom stereocenters. The molecule has 0 fully saturated rings.